The Bertz CT molecular complexity index is 854. The molecule has 3 nitrogen and oxygen atoms in total. The Balaban J connectivity index is 1.75. The number of thiazole rings is 1. The van der Waals surface area contributed by atoms with E-state index < -0.39 is 0 Å². The maximum Gasteiger partial charge on any atom is 0.194 e. The van der Waals surface area contributed by atoms with Crippen molar-refractivity contribution in [2.24, 2.45) is 0 Å². The molecule has 2 aromatic heterocycles. The van der Waals surface area contributed by atoms with Crippen molar-refractivity contribution in [1.29, 1.82) is 0 Å². The second kappa shape index (κ2) is 4.35. The summed E-state index contributed by atoms with van der Waals surface area (Å²) in [5.74, 6) is 0. The van der Waals surface area contributed by atoms with Crippen LogP contribution in [0.1, 0.15) is 41.8 Å². The minimum absolute atomic E-state index is 0.181. The second-order valence-corrected chi connectivity index (χ2v) is 7.63. The van der Waals surface area contributed by atoms with E-state index in [2.05, 4.69) is 51.7 Å². The van der Waals surface area contributed by atoms with Crippen LogP contribution in [0.3, 0.4) is 0 Å². The third-order valence-corrected chi connectivity index (χ3v) is 6.48. The summed E-state index contributed by atoms with van der Waals surface area (Å²) in [7, 11) is 0. The molecule has 1 fully saturated rings. The average molecular weight is 309 g/mol. The molecule has 1 aromatic carbocycles. The van der Waals surface area contributed by atoms with E-state index in [1.54, 1.807) is 0 Å². The Morgan fingerprint density at radius 3 is 2.82 bits per heavy atom. The molecule has 4 heteroatoms. The summed E-state index contributed by atoms with van der Waals surface area (Å²) >= 11 is 1.87. The maximum atomic E-state index is 4.51. The summed E-state index contributed by atoms with van der Waals surface area (Å²) in [5, 5.41) is 0. The van der Waals surface area contributed by atoms with Crippen LogP contribution >= 0.6 is 11.3 Å². The van der Waals surface area contributed by atoms with Gasteiger partial charge in [0, 0.05) is 23.0 Å². The van der Waals surface area contributed by atoms with Crippen LogP contribution in [0, 0.1) is 6.92 Å². The molecule has 112 valence electrons. The molecule has 1 aliphatic heterocycles. The zero-order valence-electron chi connectivity index (χ0n) is 12.7. The molecular formula is C18H19N3S. The van der Waals surface area contributed by atoms with Gasteiger partial charge in [0.05, 0.1) is 17.8 Å². The lowest BCUT2D eigenvalue weighted by atomic mass is 9.92. The van der Waals surface area contributed by atoms with Gasteiger partial charge in [-0.25, -0.2) is 4.98 Å². The number of aromatic nitrogens is 2. The maximum absolute atomic E-state index is 4.51. The fourth-order valence-corrected chi connectivity index (χ4v) is 5.65. The number of imidazole rings is 1. The summed E-state index contributed by atoms with van der Waals surface area (Å²) in [4.78, 5) is 9.85. The van der Waals surface area contributed by atoms with Crippen molar-refractivity contribution in [3.63, 3.8) is 0 Å². The van der Waals surface area contributed by atoms with Crippen molar-refractivity contribution < 1.29 is 0 Å². The van der Waals surface area contributed by atoms with Gasteiger partial charge in [-0.3, -0.25) is 4.40 Å². The lowest BCUT2D eigenvalue weighted by Gasteiger charge is -2.38. The van der Waals surface area contributed by atoms with E-state index in [1.807, 2.05) is 17.5 Å². The molecule has 22 heavy (non-hydrogen) atoms. The first-order valence-corrected chi connectivity index (χ1v) is 8.90. The number of benzene rings is 1. The van der Waals surface area contributed by atoms with Crippen molar-refractivity contribution in [2.45, 2.75) is 44.7 Å². The molecule has 1 aliphatic carbocycles. The van der Waals surface area contributed by atoms with Crippen molar-refractivity contribution >= 4 is 22.0 Å². The minimum Gasteiger partial charge on any atom is -0.355 e. The molecule has 2 aliphatic rings. The van der Waals surface area contributed by atoms with E-state index in [-0.39, 0.29) is 5.54 Å². The number of fused-ring (bicyclic) bond motifs is 4. The van der Waals surface area contributed by atoms with E-state index >= 15 is 0 Å². The highest BCUT2D eigenvalue weighted by molar-refractivity contribution is 7.17. The quantitative estimate of drug-likeness (QED) is 0.660. The van der Waals surface area contributed by atoms with Gasteiger partial charge in [0.15, 0.2) is 4.96 Å². The Hall–Kier alpha value is -1.81. The van der Waals surface area contributed by atoms with Crippen LogP contribution in [0.4, 0.5) is 5.69 Å². The number of hydrogen-bond acceptors (Lipinski definition) is 3. The van der Waals surface area contributed by atoms with Crippen molar-refractivity contribution in [2.75, 3.05) is 4.90 Å². The van der Waals surface area contributed by atoms with Crippen LogP contribution in [0.15, 0.2) is 36.7 Å². The van der Waals surface area contributed by atoms with Crippen molar-refractivity contribution in [1.82, 2.24) is 9.38 Å². The zero-order valence-corrected chi connectivity index (χ0v) is 13.6. The van der Waals surface area contributed by atoms with Gasteiger partial charge in [-0.2, -0.15) is 0 Å². The second-order valence-electron chi connectivity index (χ2n) is 6.56. The van der Waals surface area contributed by atoms with Gasteiger partial charge in [-0.15, -0.1) is 0 Å². The standard InChI is InChI=1S/C18H19N3S/c1-13-6-2-3-7-14(13)21-12-15-16(18(21)8-4-5-9-18)20-11-10-19-17(20)22-15/h2-3,6-7,10-11H,4-5,8-9,12H2,1H3. The number of para-hydroxylation sites is 1. The van der Waals surface area contributed by atoms with Crippen LogP contribution in [-0.2, 0) is 12.1 Å². The van der Waals surface area contributed by atoms with E-state index in [1.165, 1.54) is 47.5 Å². The first kappa shape index (κ1) is 12.7. The molecule has 1 saturated carbocycles. The fourth-order valence-electron chi connectivity index (χ4n) is 4.49. The van der Waals surface area contributed by atoms with Crippen molar-refractivity contribution in [3.05, 3.63) is 52.8 Å². The van der Waals surface area contributed by atoms with Crippen LogP contribution in [0.5, 0.6) is 0 Å². The molecule has 5 rings (SSSR count). The SMILES string of the molecule is Cc1ccccc1N1Cc2sc3nccn3c2C12CCCC2. The van der Waals surface area contributed by atoms with E-state index in [0.717, 1.165) is 11.5 Å². The number of aryl methyl sites for hydroxylation is 1. The topological polar surface area (TPSA) is 20.5 Å². The van der Waals surface area contributed by atoms with E-state index in [9.17, 15) is 0 Å². The highest BCUT2D eigenvalue weighted by Gasteiger charge is 2.50. The van der Waals surface area contributed by atoms with Crippen LogP contribution < -0.4 is 4.90 Å². The van der Waals surface area contributed by atoms with Crippen LogP contribution in [0.25, 0.3) is 4.96 Å². The average Bonchev–Trinajstić information content (AvgIpc) is 3.24. The Labute approximate surface area is 134 Å². The van der Waals surface area contributed by atoms with E-state index in [4.69, 9.17) is 0 Å². The summed E-state index contributed by atoms with van der Waals surface area (Å²) in [5.41, 5.74) is 4.48. The summed E-state index contributed by atoms with van der Waals surface area (Å²) < 4.78 is 2.35. The molecule has 0 atom stereocenters. The lowest BCUT2D eigenvalue weighted by Crippen LogP contribution is -2.40. The van der Waals surface area contributed by atoms with E-state index in [0.29, 0.717) is 0 Å². The summed E-state index contributed by atoms with van der Waals surface area (Å²) in [6, 6.07) is 8.83. The highest BCUT2D eigenvalue weighted by atomic mass is 32.1. The van der Waals surface area contributed by atoms with Gasteiger partial charge in [0.1, 0.15) is 0 Å². The Kier molecular flexibility index (Phi) is 2.51. The number of hydrogen-bond donors (Lipinski definition) is 0. The van der Waals surface area contributed by atoms with Crippen LogP contribution in [0.2, 0.25) is 0 Å². The van der Waals surface area contributed by atoms with Gasteiger partial charge < -0.3 is 4.90 Å². The highest BCUT2D eigenvalue weighted by Crippen LogP contribution is 2.54. The fraction of sp³-hybridized carbons (Fsp3) is 0.389. The number of rotatable bonds is 1. The predicted molar refractivity (Wildman–Crippen MR) is 90.6 cm³/mol. The third kappa shape index (κ3) is 1.48. The first-order chi connectivity index (χ1) is 10.8. The molecule has 0 unspecified atom stereocenters. The smallest absolute Gasteiger partial charge is 0.194 e. The molecule has 0 bridgehead atoms. The van der Waals surface area contributed by atoms with Gasteiger partial charge in [0.2, 0.25) is 0 Å². The monoisotopic (exact) mass is 309 g/mol. The van der Waals surface area contributed by atoms with Gasteiger partial charge in [-0.1, -0.05) is 42.4 Å². The zero-order chi connectivity index (χ0) is 14.7. The van der Waals surface area contributed by atoms with Crippen molar-refractivity contribution in [3.8, 4) is 0 Å². The van der Waals surface area contributed by atoms with Gasteiger partial charge in [-0.05, 0) is 31.4 Å². The minimum atomic E-state index is 0.181. The molecule has 3 aromatic rings. The molecular weight excluding hydrogens is 290 g/mol. The normalized spacial score (nSPS) is 19.4. The molecule has 0 radical (unpaired) electrons. The van der Waals surface area contributed by atoms with Crippen LogP contribution in [-0.4, -0.2) is 9.38 Å². The molecule has 3 heterocycles. The Morgan fingerprint density at radius 2 is 2.00 bits per heavy atom. The number of nitrogens with zero attached hydrogens (tertiary/aromatic N) is 3. The third-order valence-electron chi connectivity index (χ3n) is 5.42. The summed E-state index contributed by atoms with van der Waals surface area (Å²) in [6.45, 7) is 3.27. The largest absolute Gasteiger partial charge is 0.355 e. The molecule has 0 amide bonds. The lowest BCUT2D eigenvalue weighted by molar-refractivity contribution is 0.424. The summed E-state index contributed by atoms with van der Waals surface area (Å²) in [6.07, 6.45) is 9.26. The Morgan fingerprint density at radius 1 is 1.18 bits per heavy atom. The first-order valence-electron chi connectivity index (χ1n) is 8.08. The molecule has 0 saturated heterocycles. The van der Waals surface area contributed by atoms with Gasteiger partial charge >= 0.3 is 0 Å². The molecule has 0 N–H and O–H groups in total. The van der Waals surface area contributed by atoms with Gasteiger partial charge in [0.25, 0.3) is 0 Å². The number of anilines is 1. The molecule has 1 spiro atoms. The predicted octanol–water partition coefficient (Wildman–Crippen LogP) is 4.49.